The van der Waals surface area contributed by atoms with Crippen LogP contribution >= 0.6 is 0 Å². The summed E-state index contributed by atoms with van der Waals surface area (Å²) in [6.45, 7) is 4.10. The Balaban J connectivity index is 1.46. The van der Waals surface area contributed by atoms with Crippen molar-refractivity contribution < 1.29 is 14.4 Å². The molecule has 3 aliphatic heterocycles. The summed E-state index contributed by atoms with van der Waals surface area (Å²) in [5, 5.41) is 2.33. The SMILES string of the molecule is NC[C@@H]1CCN(Cc2ccc3c(c2)CN(C2CCC(=O)NC2=O)C3=O)C1. The lowest BCUT2D eigenvalue weighted by Crippen LogP contribution is -2.52. The van der Waals surface area contributed by atoms with E-state index in [1.807, 2.05) is 12.1 Å². The van der Waals surface area contributed by atoms with Crippen molar-refractivity contribution >= 4 is 17.7 Å². The van der Waals surface area contributed by atoms with Crippen molar-refractivity contribution in [3.8, 4) is 0 Å². The van der Waals surface area contributed by atoms with Gasteiger partial charge in [-0.1, -0.05) is 12.1 Å². The molecule has 7 heteroatoms. The lowest BCUT2D eigenvalue weighted by molar-refractivity contribution is -0.136. The van der Waals surface area contributed by atoms with Crippen molar-refractivity contribution in [3.05, 3.63) is 34.9 Å². The highest BCUT2D eigenvalue weighted by molar-refractivity contribution is 6.05. The molecule has 2 atom stereocenters. The van der Waals surface area contributed by atoms with Crippen LogP contribution in [0.2, 0.25) is 0 Å². The van der Waals surface area contributed by atoms with E-state index in [2.05, 4.69) is 16.3 Å². The summed E-state index contributed by atoms with van der Waals surface area (Å²) in [6.07, 6.45) is 1.81. The highest BCUT2D eigenvalue weighted by Crippen LogP contribution is 2.29. The van der Waals surface area contributed by atoms with Gasteiger partial charge in [0.2, 0.25) is 11.8 Å². The first-order valence-electron chi connectivity index (χ1n) is 9.24. The van der Waals surface area contributed by atoms with Crippen LogP contribution < -0.4 is 11.1 Å². The van der Waals surface area contributed by atoms with E-state index < -0.39 is 6.04 Å². The van der Waals surface area contributed by atoms with Crippen LogP contribution in [0.1, 0.15) is 40.7 Å². The fourth-order valence-corrected chi connectivity index (χ4v) is 4.23. The van der Waals surface area contributed by atoms with Crippen LogP contribution in [0.15, 0.2) is 18.2 Å². The summed E-state index contributed by atoms with van der Waals surface area (Å²) >= 11 is 0. The Morgan fingerprint density at radius 2 is 2.04 bits per heavy atom. The molecular formula is C19H24N4O3. The Kier molecular flexibility index (Phi) is 4.50. The molecule has 3 heterocycles. The van der Waals surface area contributed by atoms with Crippen LogP contribution in [0.25, 0.3) is 0 Å². The Morgan fingerprint density at radius 3 is 2.77 bits per heavy atom. The number of fused-ring (bicyclic) bond motifs is 1. The van der Waals surface area contributed by atoms with Gasteiger partial charge in [0.05, 0.1) is 0 Å². The number of nitrogens with zero attached hydrogens (tertiary/aromatic N) is 2. The van der Waals surface area contributed by atoms with Crippen molar-refractivity contribution in [2.24, 2.45) is 11.7 Å². The zero-order valence-corrected chi connectivity index (χ0v) is 14.7. The second-order valence-corrected chi connectivity index (χ2v) is 7.52. The van der Waals surface area contributed by atoms with Gasteiger partial charge in [0, 0.05) is 31.6 Å². The molecule has 1 unspecified atom stereocenters. The topological polar surface area (TPSA) is 95.7 Å². The molecule has 138 valence electrons. The van der Waals surface area contributed by atoms with E-state index in [4.69, 9.17) is 5.73 Å². The number of likely N-dealkylation sites (tertiary alicyclic amines) is 1. The van der Waals surface area contributed by atoms with Gasteiger partial charge in [-0.05, 0) is 49.0 Å². The lowest BCUT2D eigenvalue weighted by Gasteiger charge is -2.29. The molecule has 0 saturated carbocycles. The van der Waals surface area contributed by atoms with Gasteiger partial charge in [0.15, 0.2) is 0 Å². The second-order valence-electron chi connectivity index (χ2n) is 7.52. The van der Waals surface area contributed by atoms with Gasteiger partial charge in [-0.2, -0.15) is 0 Å². The zero-order chi connectivity index (χ0) is 18.3. The Hall–Kier alpha value is -2.25. The predicted molar refractivity (Wildman–Crippen MR) is 94.9 cm³/mol. The minimum Gasteiger partial charge on any atom is -0.330 e. The fourth-order valence-electron chi connectivity index (χ4n) is 4.23. The standard InChI is InChI=1S/C19H24N4O3/c20-8-13-5-6-22(10-13)9-12-1-2-15-14(7-12)11-23(19(15)26)16-3-4-17(24)21-18(16)25/h1-2,7,13,16H,3-6,8-11,20H2,(H,21,24,25)/t13-,16?/m0/s1. The van der Waals surface area contributed by atoms with Crippen LogP contribution in [-0.4, -0.2) is 53.2 Å². The maximum absolute atomic E-state index is 12.7. The van der Waals surface area contributed by atoms with E-state index in [1.165, 1.54) is 5.56 Å². The highest BCUT2D eigenvalue weighted by Gasteiger charge is 2.39. The summed E-state index contributed by atoms with van der Waals surface area (Å²) in [5.74, 6) is -0.175. The van der Waals surface area contributed by atoms with Gasteiger partial charge in [-0.3, -0.25) is 24.6 Å². The zero-order valence-electron chi connectivity index (χ0n) is 14.7. The number of nitrogens with two attached hydrogens (primary N) is 1. The van der Waals surface area contributed by atoms with Crippen LogP contribution in [-0.2, 0) is 22.7 Å². The monoisotopic (exact) mass is 356 g/mol. The third-order valence-corrected chi connectivity index (χ3v) is 5.70. The lowest BCUT2D eigenvalue weighted by atomic mass is 10.0. The molecule has 7 nitrogen and oxygen atoms in total. The smallest absolute Gasteiger partial charge is 0.255 e. The molecule has 2 fully saturated rings. The highest BCUT2D eigenvalue weighted by atomic mass is 16.2. The average molecular weight is 356 g/mol. The molecule has 3 amide bonds. The van der Waals surface area contributed by atoms with Gasteiger partial charge in [0.25, 0.3) is 5.91 Å². The first kappa shape index (κ1) is 17.2. The van der Waals surface area contributed by atoms with Crippen molar-refractivity contribution in [3.63, 3.8) is 0 Å². The van der Waals surface area contributed by atoms with Crippen LogP contribution in [0.5, 0.6) is 0 Å². The second kappa shape index (κ2) is 6.81. The summed E-state index contributed by atoms with van der Waals surface area (Å²) < 4.78 is 0. The third kappa shape index (κ3) is 3.12. The minimum absolute atomic E-state index is 0.120. The Labute approximate surface area is 152 Å². The maximum atomic E-state index is 12.7. The number of amides is 3. The molecule has 0 bridgehead atoms. The van der Waals surface area contributed by atoms with E-state index in [9.17, 15) is 14.4 Å². The first-order chi connectivity index (χ1) is 12.5. The van der Waals surface area contributed by atoms with Crippen LogP contribution in [0, 0.1) is 5.92 Å². The van der Waals surface area contributed by atoms with E-state index in [0.29, 0.717) is 24.4 Å². The molecule has 26 heavy (non-hydrogen) atoms. The molecule has 0 radical (unpaired) electrons. The Bertz CT molecular complexity index is 763. The maximum Gasteiger partial charge on any atom is 0.255 e. The van der Waals surface area contributed by atoms with Gasteiger partial charge < -0.3 is 10.6 Å². The largest absolute Gasteiger partial charge is 0.330 e. The average Bonchev–Trinajstić information content (AvgIpc) is 3.19. The summed E-state index contributed by atoms with van der Waals surface area (Å²) in [7, 11) is 0. The number of carbonyl (C=O) groups is 3. The minimum atomic E-state index is -0.556. The normalized spacial score (nSPS) is 26.3. The van der Waals surface area contributed by atoms with E-state index in [0.717, 1.165) is 38.2 Å². The van der Waals surface area contributed by atoms with Crippen molar-refractivity contribution in [1.82, 2.24) is 15.1 Å². The number of piperidine rings is 1. The summed E-state index contributed by atoms with van der Waals surface area (Å²) in [5.41, 5.74) is 8.57. The van der Waals surface area contributed by atoms with Gasteiger partial charge in [-0.15, -0.1) is 0 Å². The fraction of sp³-hybridized carbons (Fsp3) is 0.526. The quantitative estimate of drug-likeness (QED) is 0.753. The number of benzene rings is 1. The van der Waals surface area contributed by atoms with E-state index in [1.54, 1.807) is 4.90 Å². The molecule has 0 aromatic heterocycles. The first-order valence-corrected chi connectivity index (χ1v) is 9.24. The van der Waals surface area contributed by atoms with Gasteiger partial charge in [-0.25, -0.2) is 0 Å². The van der Waals surface area contributed by atoms with Crippen LogP contribution in [0.4, 0.5) is 0 Å². The van der Waals surface area contributed by atoms with E-state index >= 15 is 0 Å². The summed E-state index contributed by atoms with van der Waals surface area (Å²) in [6, 6.07) is 5.39. The molecule has 2 saturated heterocycles. The number of hydrogen-bond acceptors (Lipinski definition) is 5. The number of rotatable bonds is 4. The Morgan fingerprint density at radius 1 is 1.19 bits per heavy atom. The molecule has 1 aromatic carbocycles. The van der Waals surface area contributed by atoms with Crippen molar-refractivity contribution in [1.29, 1.82) is 0 Å². The van der Waals surface area contributed by atoms with Gasteiger partial charge in [0.1, 0.15) is 6.04 Å². The van der Waals surface area contributed by atoms with Crippen molar-refractivity contribution in [2.45, 2.75) is 38.4 Å². The van der Waals surface area contributed by atoms with E-state index in [-0.39, 0.29) is 24.1 Å². The molecule has 0 spiro atoms. The molecule has 3 N–H and O–H groups in total. The number of imide groups is 1. The number of hydrogen-bond donors (Lipinski definition) is 2. The summed E-state index contributed by atoms with van der Waals surface area (Å²) in [4.78, 5) is 40.1. The van der Waals surface area contributed by atoms with Crippen molar-refractivity contribution in [2.75, 3.05) is 19.6 Å². The molecule has 1 aromatic rings. The number of carbonyl (C=O) groups excluding carboxylic acids is 3. The molecule has 4 rings (SSSR count). The molecule has 3 aliphatic rings. The number of nitrogens with one attached hydrogen (secondary N) is 1. The predicted octanol–water partition coefficient (Wildman–Crippen LogP) is 0.228. The molecule has 0 aliphatic carbocycles. The molecular weight excluding hydrogens is 332 g/mol. The third-order valence-electron chi connectivity index (χ3n) is 5.70. The van der Waals surface area contributed by atoms with Crippen LogP contribution in [0.3, 0.4) is 0 Å². The van der Waals surface area contributed by atoms with Gasteiger partial charge >= 0.3 is 0 Å².